The Hall–Kier alpha value is 0.310. The minimum absolute atomic E-state index is 0.791. The molecule has 1 aliphatic carbocycles. The summed E-state index contributed by atoms with van der Waals surface area (Å²) in [6, 6.07) is 0.791. The van der Waals surface area contributed by atoms with E-state index in [2.05, 4.69) is 37.8 Å². The van der Waals surface area contributed by atoms with Crippen molar-refractivity contribution < 1.29 is 0 Å². The summed E-state index contributed by atoms with van der Waals surface area (Å²) in [7, 11) is 0. The van der Waals surface area contributed by atoms with Crippen LogP contribution < -0.4 is 5.32 Å². The zero-order chi connectivity index (χ0) is 12.5. The maximum absolute atomic E-state index is 3.77. The first kappa shape index (κ1) is 15.4. The molecule has 102 valence electrons. The van der Waals surface area contributed by atoms with Gasteiger partial charge in [-0.2, -0.15) is 11.8 Å². The van der Waals surface area contributed by atoms with Crippen LogP contribution in [-0.4, -0.2) is 23.6 Å². The first-order valence-corrected chi connectivity index (χ1v) is 8.71. The summed E-state index contributed by atoms with van der Waals surface area (Å²) in [6.07, 6.45) is 9.67. The van der Waals surface area contributed by atoms with Crippen molar-refractivity contribution in [3.63, 3.8) is 0 Å². The lowest BCUT2D eigenvalue weighted by Crippen LogP contribution is -2.43. The van der Waals surface area contributed by atoms with Crippen LogP contribution in [0.2, 0.25) is 0 Å². The zero-order valence-electron chi connectivity index (χ0n) is 12.0. The fourth-order valence-corrected chi connectivity index (χ4v) is 4.34. The monoisotopic (exact) mass is 257 g/mol. The fourth-order valence-electron chi connectivity index (χ4n) is 2.71. The van der Waals surface area contributed by atoms with Gasteiger partial charge in [-0.25, -0.2) is 0 Å². The number of unbranched alkanes of at least 4 members (excludes halogenated alkanes) is 1. The molecule has 17 heavy (non-hydrogen) atoms. The summed E-state index contributed by atoms with van der Waals surface area (Å²) in [5.41, 5.74) is 0. The maximum Gasteiger partial charge on any atom is 0.0203 e. The highest BCUT2D eigenvalue weighted by molar-refractivity contribution is 7.99. The molecule has 1 nitrogen and oxygen atoms in total. The van der Waals surface area contributed by atoms with E-state index in [1.165, 1.54) is 57.2 Å². The van der Waals surface area contributed by atoms with Gasteiger partial charge in [0.1, 0.15) is 0 Å². The smallest absolute Gasteiger partial charge is 0.0203 e. The summed E-state index contributed by atoms with van der Waals surface area (Å²) in [5.74, 6) is 2.36. The number of hydrogen-bond donors (Lipinski definition) is 1. The first-order valence-electron chi connectivity index (χ1n) is 7.66. The molecule has 0 aromatic carbocycles. The molecule has 1 aliphatic rings. The van der Waals surface area contributed by atoms with Gasteiger partial charge in [0.25, 0.3) is 0 Å². The molecule has 0 aromatic rings. The minimum Gasteiger partial charge on any atom is -0.313 e. The molecule has 0 radical (unpaired) electrons. The Morgan fingerprint density at radius 2 is 1.94 bits per heavy atom. The van der Waals surface area contributed by atoms with Crippen molar-refractivity contribution >= 4 is 11.8 Å². The Bertz CT molecular complexity index is 184. The Morgan fingerprint density at radius 3 is 2.59 bits per heavy atom. The van der Waals surface area contributed by atoms with E-state index in [9.17, 15) is 0 Å². The standard InChI is InChI=1S/C15H31NS/c1-4-7-11-17-15-12-13(6-3)8-9-14(15)16-10-5-2/h13-16H,4-12H2,1-3H3. The van der Waals surface area contributed by atoms with Crippen LogP contribution in [0.5, 0.6) is 0 Å². The number of rotatable bonds is 8. The molecule has 3 unspecified atom stereocenters. The second kappa shape index (κ2) is 9.27. The maximum atomic E-state index is 3.77. The van der Waals surface area contributed by atoms with Gasteiger partial charge in [0, 0.05) is 11.3 Å². The molecule has 1 N–H and O–H groups in total. The third kappa shape index (κ3) is 5.65. The average molecular weight is 257 g/mol. The van der Waals surface area contributed by atoms with Crippen LogP contribution in [0.1, 0.15) is 65.7 Å². The molecule has 0 saturated heterocycles. The molecular weight excluding hydrogens is 226 g/mol. The van der Waals surface area contributed by atoms with Crippen molar-refractivity contribution in [3.8, 4) is 0 Å². The molecule has 0 heterocycles. The summed E-state index contributed by atoms with van der Waals surface area (Å²) in [6.45, 7) is 8.12. The van der Waals surface area contributed by atoms with Crippen LogP contribution in [0.4, 0.5) is 0 Å². The molecule has 3 atom stereocenters. The molecule has 0 spiro atoms. The molecule has 0 aliphatic heterocycles. The molecule has 1 fully saturated rings. The van der Waals surface area contributed by atoms with E-state index < -0.39 is 0 Å². The van der Waals surface area contributed by atoms with Gasteiger partial charge in [-0.05, 0) is 50.3 Å². The SMILES string of the molecule is CCCCSC1CC(CC)CCC1NCCC. The van der Waals surface area contributed by atoms with E-state index in [4.69, 9.17) is 0 Å². The fraction of sp³-hybridized carbons (Fsp3) is 1.00. The van der Waals surface area contributed by atoms with E-state index in [0.29, 0.717) is 0 Å². The zero-order valence-corrected chi connectivity index (χ0v) is 12.8. The topological polar surface area (TPSA) is 12.0 Å². The van der Waals surface area contributed by atoms with Gasteiger partial charge >= 0.3 is 0 Å². The van der Waals surface area contributed by atoms with E-state index in [1.807, 2.05) is 0 Å². The Morgan fingerprint density at radius 1 is 1.12 bits per heavy atom. The predicted molar refractivity (Wildman–Crippen MR) is 80.9 cm³/mol. The lowest BCUT2D eigenvalue weighted by atomic mass is 9.84. The molecule has 1 saturated carbocycles. The van der Waals surface area contributed by atoms with Crippen LogP contribution in [0.3, 0.4) is 0 Å². The van der Waals surface area contributed by atoms with Gasteiger partial charge in [0.05, 0.1) is 0 Å². The summed E-state index contributed by atoms with van der Waals surface area (Å²) in [5, 5.41) is 4.65. The normalized spacial score (nSPS) is 29.5. The van der Waals surface area contributed by atoms with Crippen molar-refractivity contribution in [3.05, 3.63) is 0 Å². The lowest BCUT2D eigenvalue weighted by molar-refractivity contribution is 0.295. The second-order valence-electron chi connectivity index (χ2n) is 5.41. The van der Waals surface area contributed by atoms with Crippen LogP contribution in [0.15, 0.2) is 0 Å². The summed E-state index contributed by atoms with van der Waals surface area (Å²) in [4.78, 5) is 0. The minimum atomic E-state index is 0.791. The number of hydrogen-bond acceptors (Lipinski definition) is 2. The molecule has 0 bridgehead atoms. The van der Waals surface area contributed by atoms with Gasteiger partial charge in [-0.3, -0.25) is 0 Å². The lowest BCUT2D eigenvalue weighted by Gasteiger charge is -2.36. The molecular formula is C15H31NS. The van der Waals surface area contributed by atoms with Crippen LogP contribution in [0.25, 0.3) is 0 Å². The van der Waals surface area contributed by atoms with Crippen molar-refractivity contribution in [2.75, 3.05) is 12.3 Å². The van der Waals surface area contributed by atoms with Gasteiger partial charge in [0.2, 0.25) is 0 Å². The van der Waals surface area contributed by atoms with Crippen molar-refractivity contribution in [1.82, 2.24) is 5.32 Å². The van der Waals surface area contributed by atoms with Crippen LogP contribution in [-0.2, 0) is 0 Å². The van der Waals surface area contributed by atoms with E-state index in [-0.39, 0.29) is 0 Å². The molecule has 0 amide bonds. The van der Waals surface area contributed by atoms with E-state index in [0.717, 1.165) is 17.2 Å². The first-order chi connectivity index (χ1) is 8.31. The Kier molecular flexibility index (Phi) is 8.38. The van der Waals surface area contributed by atoms with Crippen molar-refractivity contribution in [2.24, 2.45) is 5.92 Å². The van der Waals surface area contributed by atoms with Crippen LogP contribution >= 0.6 is 11.8 Å². The van der Waals surface area contributed by atoms with E-state index in [1.54, 1.807) is 0 Å². The Labute approximate surface area is 113 Å². The number of thioether (sulfide) groups is 1. The van der Waals surface area contributed by atoms with Crippen molar-refractivity contribution in [1.29, 1.82) is 0 Å². The van der Waals surface area contributed by atoms with Gasteiger partial charge in [-0.1, -0.05) is 33.6 Å². The average Bonchev–Trinajstić information content (AvgIpc) is 2.37. The summed E-state index contributed by atoms with van der Waals surface area (Å²) < 4.78 is 0. The van der Waals surface area contributed by atoms with Crippen molar-refractivity contribution in [2.45, 2.75) is 77.0 Å². The largest absolute Gasteiger partial charge is 0.313 e. The van der Waals surface area contributed by atoms with Gasteiger partial charge in [-0.15, -0.1) is 0 Å². The molecule has 1 rings (SSSR count). The quantitative estimate of drug-likeness (QED) is 0.644. The highest BCUT2D eigenvalue weighted by Gasteiger charge is 2.29. The van der Waals surface area contributed by atoms with Gasteiger partial charge < -0.3 is 5.32 Å². The Balaban J connectivity index is 2.37. The third-order valence-corrected chi connectivity index (χ3v) is 5.44. The van der Waals surface area contributed by atoms with Gasteiger partial charge in [0.15, 0.2) is 0 Å². The molecule has 0 aromatic heterocycles. The van der Waals surface area contributed by atoms with Crippen LogP contribution in [0, 0.1) is 5.92 Å². The highest BCUT2D eigenvalue weighted by Crippen LogP contribution is 2.34. The predicted octanol–water partition coefficient (Wildman–Crippen LogP) is 4.47. The highest BCUT2D eigenvalue weighted by atomic mass is 32.2. The van der Waals surface area contributed by atoms with E-state index >= 15 is 0 Å². The number of nitrogens with one attached hydrogen (secondary N) is 1. The third-order valence-electron chi connectivity index (χ3n) is 3.96. The summed E-state index contributed by atoms with van der Waals surface area (Å²) >= 11 is 2.24. The second-order valence-corrected chi connectivity index (χ2v) is 6.76. The molecule has 2 heteroatoms.